The molecule has 8 heteroatoms. The number of aryl methyl sites for hydroxylation is 1. The monoisotopic (exact) mass is 431 g/mol. The molecular weight excluding hydrogens is 405 g/mol. The number of guanidine groups is 1. The summed E-state index contributed by atoms with van der Waals surface area (Å²) in [5.41, 5.74) is 3.66. The molecule has 0 fully saturated rings. The van der Waals surface area contributed by atoms with Crippen LogP contribution >= 0.6 is 0 Å². The molecule has 32 heavy (non-hydrogen) atoms. The van der Waals surface area contributed by atoms with Gasteiger partial charge in [-0.25, -0.2) is 9.37 Å². The van der Waals surface area contributed by atoms with Crippen molar-refractivity contribution in [2.75, 3.05) is 7.05 Å². The van der Waals surface area contributed by atoms with Crippen LogP contribution < -0.4 is 10.6 Å². The van der Waals surface area contributed by atoms with Gasteiger partial charge in [0.05, 0.1) is 12.2 Å². The molecular formula is C24H26FN7. The van der Waals surface area contributed by atoms with Crippen LogP contribution in [0.25, 0.3) is 5.69 Å². The predicted molar refractivity (Wildman–Crippen MR) is 123 cm³/mol. The summed E-state index contributed by atoms with van der Waals surface area (Å²) in [4.78, 5) is 8.44. The SMILES string of the molecule is CN=C(NCc1ccc(-n2ccnc2C)c(F)c1)NCc1ccccc1Cn1cccn1. The van der Waals surface area contributed by atoms with Crippen molar-refractivity contribution in [2.45, 2.75) is 26.6 Å². The first-order valence-corrected chi connectivity index (χ1v) is 10.4. The number of benzene rings is 2. The Morgan fingerprint density at radius 2 is 1.81 bits per heavy atom. The summed E-state index contributed by atoms with van der Waals surface area (Å²) < 4.78 is 18.3. The van der Waals surface area contributed by atoms with E-state index in [4.69, 9.17) is 0 Å². The lowest BCUT2D eigenvalue weighted by atomic mass is 10.1. The minimum atomic E-state index is -0.291. The van der Waals surface area contributed by atoms with E-state index in [1.54, 1.807) is 36.3 Å². The van der Waals surface area contributed by atoms with Crippen LogP contribution in [0, 0.1) is 12.7 Å². The summed E-state index contributed by atoms with van der Waals surface area (Å²) in [6.07, 6.45) is 7.14. The summed E-state index contributed by atoms with van der Waals surface area (Å²) in [7, 11) is 1.72. The highest BCUT2D eigenvalue weighted by molar-refractivity contribution is 5.79. The Balaban J connectivity index is 1.36. The van der Waals surface area contributed by atoms with Crippen LogP contribution in [0.5, 0.6) is 0 Å². The van der Waals surface area contributed by atoms with Gasteiger partial charge in [0.2, 0.25) is 0 Å². The Labute approximate surface area is 186 Å². The molecule has 4 rings (SSSR count). The molecule has 0 unspecified atom stereocenters. The van der Waals surface area contributed by atoms with E-state index in [0.717, 1.165) is 17.0 Å². The fourth-order valence-corrected chi connectivity index (χ4v) is 3.53. The number of nitrogens with zero attached hydrogens (tertiary/aromatic N) is 5. The number of nitrogens with one attached hydrogen (secondary N) is 2. The summed E-state index contributed by atoms with van der Waals surface area (Å²) in [6.45, 7) is 3.62. The maximum absolute atomic E-state index is 14.6. The molecule has 0 saturated carbocycles. The Hall–Kier alpha value is -3.94. The molecule has 0 radical (unpaired) electrons. The zero-order chi connectivity index (χ0) is 22.3. The third kappa shape index (κ3) is 5.03. The van der Waals surface area contributed by atoms with E-state index in [9.17, 15) is 4.39 Å². The molecule has 0 atom stereocenters. The zero-order valence-corrected chi connectivity index (χ0v) is 18.2. The van der Waals surface area contributed by atoms with E-state index in [-0.39, 0.29) is 5.82 Å². The normalized spacial score (nSPS) is 11.5. The molecule has 2 aromatic carbocycles. The Bertz CT molecular complexity index is 1190. The van der Waals surface area contributed by atoms with Crippen LogP contribution in [-0.4, -0.2) is 32.3 Å². The van der Waals surface area contributed by atoms with E-state index in [0.29, 0.717) is 31.3 Å². The Kier molecular flexibility index (Phi) is 6.60. The van der Waals surface area contributed by atoms with Crippen LogP contribution in [0.15, 0.2) is 78.3 Å². The van der Waals surface area contributed by atoms with Gasteiger partial charge in [-0.1, -0.05) is 30.3 Å². The Morgan fingerprint density at radius 1 is 1.00 bits per heavy atom. The van der Waals surface area contributed by atoms with Gasteiger partial charge in [0.1, 0.15) is 11.6 Å². The summed E-state index contributed by atoms with van der Waals surface area (Å²) in [5.74, 6) is 1.10. The minimum Gasteiger partial charge on any atom is -0.352 e. The molecule has 0 bridgehead atoms. The standard InChI is InChI=1S/C24H26FN7/c1-18-27-11-13-32(18)23-9-8-19(14-22(23)25)15-28-24(26-2)29-16-20-6-3-4-7-21(20)17-31-12-5-10-30-31/h3-14H,15-17H2,1-2H3,(H2,26,28,29). The molecule has 0 saturated heterocycles. The fourth-order valence-electron chi connectivity index (χ4n) is 3.53. The molecule has 2 heterocycles. The Morgan fingerprint density at radius 3 is 2.50 bits per heavy atom. The van der Waals surface area contributed by atoms with Crippen molar-refractivity contribution < 1.29 is 4.39 Å². The van der Waals surface area contributed by atoms with E-state index in [1.165, 1.54) is 11.6 Å². The quantitative estimate of drug-likeness (QED) is 0.347. The molecule has 7 nitrogen and oxygen atoms in total. The average molecular weight is 432 g/mol. The van der Waals surface area contributed by atoms with Crippen LogP contribution in [0.2, 0.25) is 0 Å². The van der Waals surface area contributed by atoms with Crippen molar-refractivity contribution in [3.05, 3.63) is 102 Å². The van der Waals surface area contributed by atoms with Crippen molar-refractivity contribution in [1.29, 1.82) is 0 Å². The van der Waals surface area contributed by atoms with E-state index < -0.39 is 0 Å². The van der Waals surface area contributed by atoms with Crippen molar-refractivity contribution in [1.82, 2.24) is 30.0 Å². The first kappa shape index (κ1) is 21.3. The number of hydrogen-bond donors (Lipinski definition) is 2. The van der Waals surface area contributed by atoms with Crippen molar-refractivity contribution >= 4 is 5.96 Å². The smallest absolute Gasteiger partial charge is 0.191 e. The molecule has 0 aliphatic rings. The second kappa shape index (κ2) is 9.91. The zero-order valence-electron chi connectivity index (χ0n) is 18.2. The molecule has 2 aromatic heterocycles. The van der Waals surface area contributed by atoms with Crippen LogP contribution in [0.4, 0.5) is 4.39 Å². The number of hydrogen-bond acceptors (Lipinski definition) is 3. The second-order valence-electron chi connectivity index (χ2n) is 7.38. The highest BCUT2D eigenvalue weighted by Crippen LogP contribution is 2.17. The maximum atomic E-state index is 14.6. The van der Waals surface area contributed by atoms with Gasteiger partial charge in [-0.2, -0.15) is 5.10 Å². The van der Waals surface area contributed by atoms with Gasteiger partial charge in [0, 0.05) is 44.9 Å². The third-order valence-electron chi connectivity index (χ3n) is 5.24. The number of aromatic nitrogens is 4. The van der Waals surface area contributed by atoms with Gasteiger partial charge in [0.25, 0.3) is 0 Å². The van der Waals surface area contributed by atoms with Gasteiger partial charge in [-0.15, -0.1) is 0 Å². The fraction of sp³-hybridized carbons (Fsp3) is 0.208. The number of imidazole rings is 1. The maximum Gasteiger partial charge on any atom is 0.191 e. The molecule has 0 aliphatic heterocycles. The largest absolute Gasteiger partial charge is 0.352 e. The highest BCUT2D eigenvalue weighted by Gasteiger charge is 2.09. The third-order valence-corrected chi connectivity index (χ3v) is 5.24. The first-order chi connectivity index (χ1) is 15.6. The van der Waals surface area contributed by atoms with Gasteiger partial charge in [0.15, 0.2) is 5.96 Å². The van der Waals surface area contributed by atoms with E-state index >= 15 is 0 Å². The summed E-state index contributed by atoms with van der Waals surface area (Å²) in [5, 5.41) is 10.9. The molecule has 0 spiro atoms. The molecule has 164 valence electrons. The highest BCUT2D eigenvalue weighted by atomic mass is 19.1. The topological polar surface area (TPSA) is 72.1 Å². The van der Waals surface area contributed by atoms with Gasteiger partial charge in [-0.3, -0.25) is 9.67 Å². The van der Waals surface area contributed by atoms with Crippen molar-refractivity contribution in [2.24, 2.45) is 4.99 Å². The van der Waals surface area contributed by atoms with Crippen molar-refractivity contribution in [3.63, 3.8) is 0 Å². The lowest BCUT2D eigenvalue weighted by Crippen LogP contribution is -2.36. The number of aliphatic imine (C=N–C) groups is 1. The van der Waals surface area contributed by atoms with Crippen LogP contribution in [-0.2, 0) is 19.6 Å². The molecule has 0 amide bonds. The molecule has 4 aromatic rings. The van der Waals surface area contributed by atoms with Gasteiger partial charge < -0.3 is 15.2 Å². The minimum absolute atomic E-state index is 0.291. The second-order valence-corrected chi connectivity index (χ2v) is 7.38. The average Bonchev–Trinajstić information content (AvgIpc) is 3.47. The lowest BCUT2D eigenvalue weighted by Gasteiger charge is -2.15. The number of halogens is 1. The summed E-state index contributed by atoms with van der Waals surface area (Å²) in [6, 6.07) is 15.4. The van der Waals surface area contributed by atoms with Crippen molar-refractivity contribution in [3.8, 4) is 5.69 Å². The summed E-state index contributed by atoms with van der Waals surface area (Å²) >= 11 is 0. The van der Waals surface area contributed by atoms with Crippen LogP contribution in [0.3, 0.4) is 0 Å². The first-order valence-electron chi connectivity index (χ1n) is 10.4. The molecule has 0 aliphatic carbocycles. The van der Waals surface area contributed by atoms with Gasteiger partial charge in [-0.05, 0) is 41.8 Å². The van der Waals surface area contributed by atoms with Gasteiger partial charge >= 0.3 is 0 Å². The lowest BCUT2D eigenvalue weighted by molar-refractivity contribution is 0.613. The van der Waals surface area contributed by atoms with E-state index in [1.807, 2.05) is 42.1 Å². The number of rotatable bonds is 7. The predicted octanol–water partition coefficient (Wildman–Crippen LogP) is 3.43. The molecule has 2 N–H and O–H groups in total. The van der Waals surface area contributed by atoms with E-state index in [2.05, 4.69) is 37.8 Å². The van der Waals surface area contributed by atoms with Crippen LogP contribution in [0.1, 0.15) is 22.5 Å².